The largest absolute Gasteiger partial charge is 0.376 e. The molecule has 2 aromatic rings. The van der Waals surface area contributed by atoms with Crippen LogP contribution >= 0.6 is 0 Å². The highest BCUT2D eigenvalue weighted by atomic mass is 16.5. The Labute approximate surface area is 115 Å². The van der Waals surface area contributed by atoms with Crippen molar-refractivity contribution in [2.24, 2.45) is 0 Å². The van der Waals surface area contributed by atoms with E-state index in [1.54, 1.807) is 17.1 Å². The molecule has 0 saturated carbocycles. The van der Waals surface area contributed by atoms with Crippen molar-refractivity contribution < 1.29 is 14.1 Å². The predicted octanol–water partition coefficient (Wildman–Crippen LogP) is 1.69. The molecule has 2 aromatic heterocycles. The van der Waals surface area contributed by atoms with Crippen LogP contribution in [0.25, 0.3) is 0 Å². The summed E-state index contributed by atoms with van der Waals surface area (Å²) in [5.74, 6) is -0.163. The summed E-state index contributed by atoms with van der Waals surface area (Å²) in [5, 5.41) is 10.4. The van der Waals surface area contributed by atoms with E-state index in [0.717, 1.165) is 19.4 Å². The molecule has 1 fully saturated rings. The molecule has 0 aromatic carbocycles. The summed E-state index contributed by atoms with van der Waals surface area (Å²) in [7, 11) is 0. The standard InChI is InChI=1S/C13H16N4O3/c18-13(12-4-5-15-20-12)16-10-7-14-17(8-10)9-11-3-1-2-6-19-11/h4-5,7-8,11H,1-3,6,9H2,(H,16,18)/t11-/m0/s1. The normalized spacial score (nSPS) is 18.9. The quantitative estimate of drug-likeness (QED) is 0.919. The van der Waals surface area contributed by atoms with Gasteiger partial charge in [0.1, 0.15) is 0 Å². The van der Waals surface area contributed by atoms with Gasteiger partial charge in [-0.25, -0.2) is 0 Å². The van der Waals surface area contributed by atoms with Gasteiger partial charge in [0.2, 0.25) is 5.76 Å². The van der Waals surface area contributed by atoms with Crippen molar-refractivity contribution in [1.82, 2.24) is 14.9 Å². The topological polar surface area (TPSA) is 82.2 Å². The van der Waals surface area contributed by atoms with Gasteiger partial charge in [-0.3, -0.25) is 9.48 Å². The number of nitrogens with one attached hydrogen (secondary N) is 1. The average Bonchev–Trinajstić information content (AvgIpc) is 3.11. The molecule has 20 heavy (non-hydrogen) atoms. The summed E-state index contributed by atoms with van der Waals surface area (Å²) in [6, 6.07) is 1.51. The summed E-state index contributed by atoms with van der Waals surface area (Å²) in [6.07, 6.45) is 8.41. The molecule has 7 nitrogen and oxygen atoms in total. The lowest BCUT2D eigenvalue weighted by Gasteiger charge is -2.22. The van der Waals surface area contributed by atoms with Crippen molar-refractivity contribution in [1.29, 1.82) is 0 Å². The Kier molecular flexibility index (Phi) is 3.78. The first-order chi connectivity index (χ1) is 9.81. The van der Waals surface area contributed by atoms with Crippen LogP contribution in [0, 0.1) is 0 Å². The summed E-state index contributed by atoms with van der Waals surface area (Å²) in [6.45, 7) is 1.53. The molecule has 1 amide bonds. The molecule has 1 aliphatic heterocycles. The maximum absolute atomic E-state index is 11.8. The van der Waals surface area contributed by atoms with E-state index in [0.29, 0.717) is 12.2 Å². The van der Waals surface area contributed by atoms with Gasteiger partial charge in [-0.2, -0.15) is 5.10 Å². The van der Waals surface area contributed by atoms with Gasteiger partial charge in [0, 0.05) is 18.9 Å². The number of ether oxygens (including phenoxy) is 1. The third-order valence-electron chi connectivity index (χ3n) is 3.22. The Morgan fingerprint density at radius 1 is 1.50 bits per heavy atom. The smallest absolute Gasteiger partial charge is 0.294 e. The lowest BCUT2D eigenvalue weighted by Crippen LogP contribution is -2.24. The number of hydrogen-bond acceptors (Lipinski definition) is 5. The van der Waals surface area contributed by atoms with E-state index in [1.807, 2.05) is 0 Å². The predicted molar refractivity (Wildman–Crippen MR) is 70.3 cm³/mol. The van der Waals surface area contributed by atoms with Crippen LogP contribution in [0.5, 0.6) is 0 Å². The van der Waals surface area contributed by atoms with Gasteiger partial charge in [0.25, 0.3) is 5.91 Å². The van der Waals surface area contributed by atoms with Crippen molar-refractivity contribution in [2.45, 2.75) is 31.9 Å². The number of anilines is 1. The number of carbonyl (C=O) groups excluding carboxylic acids is 1. The molecule has 106 valence electrons. The van der Waals surface area contributed by atoms with Crippen molar-refractivity contribution in [3.63, 3.8) is 0 Å². The molecule has 0 radical (unpaired) electrons. The van der Waals surface area contributed by atoms with Gasteiger partial charge in [-0.15, -0.1) is 0 Å². The lowest BCUT2D eigenvalue weighted by molar-refractivity contribution is 0.00401. The highest BCUT2D eigenvalue weighted by molar-refractivity contribution is 6.01. The number of nitrogens with zero attached hydrogens (tertiary/aromatic N) is 3. The van der Waals surface area contributed by atoms with Crippen molar-refractivity contribution in [3.8, 4) is 0 Å². The lowest BCUT2D eigenvalue weighted by atomic mass is 10.1. The zero-order chi connectivity index (χ0) is 13.8. The van der Waals surface area contributed by atoms with Gasteiger partial charge in [0.05, 0.1) is 30.7 Å². The third kappa shape index (κ3) is 3.05. The molecular formula is C13H16N4O3. The molecule has 3 heterocycles. The molecule has 3 rings (SSSR count). The fraction of sp³-hybridized carbons (Fsp3) is 0.462. The molecule has 1 atom stereocenters. The first kappa shape index (κ1) is 12.9. The van der Waals surface area contributed by atoms with E-state index in [1.165, 1.54) is 18.7 Å². The number of carbonyl (C=O) groups is 1. The highest BCUT2D eigenvalue weighted by Crippen LogP contribution is 2.15. The molecule has 1 saturated heterocycles. The zero-order valence-corrected chi connectivity index (χ0v) is 11.0. The minimum absolute atomic E-state index is 0.174. The molecule has 1 aliphatic rings. The van der Waals surface area contributed by atoms with Crippen LogP contribution in [0.1, 0.15) is 29.8 Å². The van der Waals surface area contributed by atoms with Crippen LogP contribution in [0.3, 0.4) is 0 Å². The Morgan fingerprint density at radius 2 is 2.45 bits per heavy atom. The van der Waals surface area contributed by atoms with E-state index < -0.39 is 0 Å². The summed E-state index contributed by atoms with van der Waals surface area (Å²) >= 11 is 0. The summed E-state index contributed by atoms with van der Waals surface area (Å²) in [5.41, 5.74) is 0.627. The molecular weight excluding hydrogens is 260 g/mol. The van der Waals surface area contributed by atoms with E-state index in [4.69, 9.17) is 9.26 Å². The molecule has 7 heteroatoms. The van der Waals surface area contributed by atoms with E-state index in [9.17, 15) is 4.79 Å². The number of amides is 1. The van der Waals surface area contributed by atoms with Crippen molar-refractivity contribution in [3.05, 3.63) is 30.4 Å². The van der Waals surface area contributed by atoms with Crippen LogP contribution in [-0.4, -0.2) is 33.6 Å². The Balaban J connectivity index is 1.57. The summed E-state index contributed by atoms with van der Waals surface area (Å²) in [4.78, 5) is 11.8. The van der Waals surface area contributed by atoms with Crippen LogP contribution in [0.2, 0.25) is 0 Å². The SMILES string of the molecule is O=C(Nc1cnn(C[C@@H]2CCCCO2)c1)c1ccno1. The number of aromatic nitrogens is 3. The Hall–Kier alpha value is -2.15. The maximum Gasteiger partial charge on any atom is 0.294 e. The van der Waals surface area contributed by atoms with Gasteiger partial charge < -0.3 is 14.6 Å². The Bertz CT molecular complexity index is 558. The van der Waals surface area contributed by atoms with Crippen LogP contribution < -0.4 is 5.32 Å². The van der Waals surface area contributed by atoms with Crippen LogP contribution in [0.15, 0.2) is 29.2 Å². The first-order valence-corrected chi connectivity index (χ1v) is 6.67. The highest BCUT2D eigenvalue weighted by Gasteiger charge is 2.16. The molecule has 1 N–H and O–H groups in total. The second-order valence-electron chi connectivity index (χ2n) is 4.77. The zero-order valence-electron chi connectivity index (χ0n) is 11.0. The minimum atomic E-state index is -0.337. The second-order valence-corrected chi connectivity index (χ2v) is 4.77. The first-order valence-electron chi connectivity index (χ1n) is 6.67. The number of hydrogen-bond donors (Lipinski definition) is 1. The fourth-order valence-corrected chi connectivity index (χ4v) is 2.21. The van der Waals surface area contributed by atoms with Crippen molar-refractivity contribution in [2.75, 3.05) is 11.9 Å². The van der Waals surface area contributed by atoms with Crippen LogP contribution in [0.4, 0.5) is 5.69 Å². The summed E-state index contributed by atoms with van der Waals surface area (Å²) < 4.78 is 12.2. The minimum Gasteiger partial charge on any atom is -0.376 e. The molecule has 0 bridgehead atoms. The molecule has 0 unspecified atom stereocenters. The molecule has 0 aliphatic carbocycles. The molecule has 0 spiro atoms. The van der Waals surface area contributed by atoms with Gasteiger partial charge >= 0.3 is 0 Å². The van der Waals surface area contributed by atoms with E-state index in [2.05, 4.69) is 15.6 Å². The second kappa shape index (κ2) is 5.87. The Morgan fingerprint density at radius 3 is 3.20 bits per heavy atom. The number of rotatable bonds is 4. The van der Waals surface area contributed by atoms with Gasteiger partial charge in [-0.05, 0) is 19.3 Å². The van der Waals surface area contributed by atoms with Gasteiger partial charge in [-0.1, -0.05) is 5.16 Å². The average molecular weight is 276 g/mol. The van der Waals surface area contributed by atoms with Gasteiger partial charge in [0.15, 0.2) is 0 Å². The third-order valence-corrected chi connectivity index (χ3v) is 3.22. The van der Waals surface area contributed by atoms with Crippen molar-refractivity contribution >= 4 is 11.6 Å². The van der Waals surface area contributed by atoms with Crippen LogP contribution in [-0.2, 0) is 11.3 Å². The van der Waals surface area contributed by atoms with E-state index >= 15 is 0 Å². The van der Waals surface area contributed by atoms with E-state index in [-0.39, 0.29) is 17.8 Å². The monoisotopic (exact) mass is 276 g/mol. The fourth-order valence-electron chi connectivity index (χ4n) is 2.21. The maximum atomic E-state index is 11.8.